The van der Waals surface area contributed by atoms with Crippen LogP contribution in [0.2, 0.25) is 0 Å². The Morgan fingerprint density at radius 1 is 1.46 bits per heavy atom. The number of nitrogens with two attached hydrogens (primary N) is 1. The van der Waals surface area contributed by atoms with Gasteiger partial charge in [-0.25, -0.2) is 4.98 Å². The van der Waals surface area contributed by atoms with E-state index < -0.39 is 44.5 Å². The molecule has 1 aliphatic heterocycles. The van der Waals surface area contributed by atoms with Crippen LogP contribution in [0.4, 0.5) is 5.95 Å². The Labute approximate surface area is 189 Å². The van der Waals surface area contributed by atoms with Crippen LogP contribution in [0.5, 0.6) is 0 Å². The van der Waals surface area contributed by atoms with Crippen molar-refractivity contribution in [1.29, 1.82) is 0 Å². The SMILES string of the molecule is Nc1nc2c(ncn2[C@@H]2O[C@H](CO)[C@@H](O)[C@H]2OP(=O)([O-])[O-])c(=O)[nH]1.[Na+].[Na+]. The van der Waals surface area contributed by atoms with Crippen molar-refractivity contribution in [3.8, 4) is 0 Å². The van der Waals surface area contributed by atoms with Gasteiger partial charge in [-0.2, -0.15) is 4.98 Å². The summed E-state index contributed by atoms with van der Waals surface area (Å²) >= 11 is 0. The van der Waals surface area contributed by atoms with Gasteiger partial charge in [0.2, 0.25) is 5.95 Å². The van der Waals surface area contributed by atoms with Crippen LogP contribution >= 0.6 is 7.82 Å². The third-order valence-corrected chi connectivity index (χ3v) is 3.97. The molecule has 0 spiro atoms. The molecule has 1 aliphatic rings. The van der Waals surface area contributed by atoms with E-state index in [1.54, 1.807) is 0 Å². The van der Waals surface area contributed by atoms with Crippen molar-refractivity contribution in [2.75, 3.05) is 12.3 Å². The number of hydrogen-bond acceptors (Lipinski definition) is 11. The minimum Gasteiger partial charge on any atom is -0.790 e. The molecule has 1 saturated heterocycles. The molecule has 26 heavy (non-hydrogen) atoms. The van der Waals surface area contributed by atoms with Crippen molar-refractivity contribution in [1.82, 2.24) is 19.5 Å². The maximum absolute atomic E-state index is 11.8. The number of aliphatic hydroxyl groups is 2. The molecule has 0 aliphatic carbocycles. The van der Waals surface area contributed by atoms with Crippen molar-refractivity contribution in [2.24, 2.45) is 0 Å². The van der Waals surface area contributed by atoms with Crippen LogP contribution in [0, 0.1) is 0 Å². The van der Waals surface area contributed by atoms with Gasteiger partial charge in [-0.1, -0.05) is 0 Å². The van der Waals surface area contributed by atoms with Gasteiger partial charge >= 0.3 is 59.1 Å². The molecule has 13 nitrogen and oxygen atoms in total. The molecule has 2 aromatic heterocycles. The quantitative estimate of drug-likeness (QED) is 0.276. The zero-order valence-corrected chi connectivity index (χ0v) is 18.7. The Kier molecular flexibility index (Phi) is 8.46. The molecular formula is C10H12N5Na2O8P. The average molecular weight is 407 g/mol. The standard InChI is InChI=1S/C10H14N5O8P.2Na/c11-10-13-7-4(8(18)14-10)12-2-15(7)9-6(23-24(19,20)21)5(17)3(1-16)22-9;;/h2-3,5-6,9,16-17H,1H2,(H2,19,20,21)(H3,11,13,14,18);;/q;2*+1/p-2/t3-,5-,6-,9-;;/m1../s1. The maximum Gasteiger partial charge on any atom is 1.00 e. The normalized spacial score (nSPS) is 25.7. The molecule has 3 rings (SSSR count). The molecule has 0 saturated carbocycles. The van der Waals surface area contributed by atoms with Gasteiger partial charge in [0.25, 0.3) is 5.56 Å². The van der Waals surface area contributed by atoms with Gasteiger partial charge in [-0.15, -0.1) is 0 Å². The fourth-order valence-electron chi connectivity index (χ4n) is 2.48. The third kappa shape index (κ3) is 4.75. The van der Waals surface area contributed by atoms with Crippen LogP contribution in [0.15, 0.2) is 11.1 Å². The van der Waals surface area contributed by atoms with Gasteiger partial charge in [0.15, 0.2) is 17.4 Å². The summed E-state index contributed by atoms with van der Waals surface area (Å²) in [7, 11) is -5.48. The van der Waals surface area contributed by atoms with E-state index in [9.17, 15) is 29.4 Å². The molecule has 0 unspecified atom stereocenters. The molecule has 1 fully saturated rings. The number of nitrogens with zero attached hydrogens (tertiary/aromatic N) is 3. The van der Waals surface area contributed by atoms with E-state index in [2.05, 4.69) is 19.5 Å². The fraction of sp³-hybridized carbons (Fsp3) is 0.500. The second-order valence-corrected chi connectivity index (χ2v) is 6.14. The fourth-order valence-corrected chi connectivity index (χ4v) is 3.01. The number of imidazole rings is 1. The molecule has 5 N–H and O–H groups in total. The van der Waals surface area contributed by atoms with Crippen molar-refractivity contribution in [3.63, 3.8) is 0 Å². The Hall–Kier alpha value is 0.140. The van der Waals surface area contributed by atoms with Crippen molar-refractivity contribution in [2.45, 2.75) is 24.5 Å². The summed E-state index contributed by atoms with van der Waals surface area (Å²) < 4.78 is 21.7. The number of hydrogen-bond donors (Lipinski definition) is 4. The van der Waals surface area contributed by atoms with Gasteiger partial charge < -0.3 is 39.6 Å². The first-order valence-electron chi connectivity index (χ1n) is 6.58. The number of phosphoric acid groups is 1. The van der Waals surface area contributed by atoms with Crippen molar-refractivity contribution >= 4 is 24.9 Å². The summed E-state index contributed by atoms with van der Waals surface area (Å²) in [6.07, 6.45) is -4.80. The molecule has 3 heterocycles. The molecule has 4 atom stereocenters. The molecule has 2 aromatic rings. The number of nitrogen functional groups attached to an aromatic ring is 1. The number of rotatable bonds is 4. The molecule has 0 bridgehead atoms. The second kappa shape index (κ2) is 9.09. The van der Waals surface area contributed by atoms with Crippen LogP contribution in [0.3, 0.4) is 0 Å². The first kappa shape index (κ1) is 24.2. The zero-order valence-electron chi connectivity index (χ0n) is 13.8. The number of aromatic amines is 1. The maximum atomic E-state index is 11.8. The van der Waals surface area contributed by atoms with Crippen LogP contribution in [-0.2, 0) is 13.8 Å². The van der Waals surface area contributed by atoms with Crippen LogP contribution < -0.4 is 80.2 Å². The summed E-state index contributed by atoms with van der Waals surface area (Å²) in [5, 5.41) is 19.2. The van der Waals surface area contributed by atoms with Crippen molar-refractivity contribution in [3.05, 3.63) is 16.7 Å². The number of nitrogens with one attached hydrogen (secondary N) is 1. The predicted molar refractivity (Wildman–Crippen MR) is 72.0 cm³/mol. The minimum atomic E-state index is -5.48. The minimum absolute atomic E-state index is 0. The van der Waals surface area contributed by atoms with E-state index in [0.717, 1.165) is 10.9 Å². The van der Waals surface area contributed by atoms with E-state index in [0.29, 0.717) is 0 Å². The summed E-state index contributed by atoms with van der Waals surface area (Å²) in [6.45, 7) is -0.664. The topological polar surface area (TPSA) is 212 Å². The second-order valence-electron chi connectivity index (χ2n) is 5.03. The van der Waals surface area contributed by atoms with Crippen LogP contribution in [0.25, 0.3) is 11.2 Å². The van der Waals surface area contributed by atoms with Crippen LogP contribution in [-0.4, -0.2) is 54.7 Å². The molecule has 0 aromatic carbocycles. The summed E-state index contributed by atoms with van der Waals surface area (Å²) in [6, 6.07) is 0. The van der Waals surface area contributed by atoms with E-state index in [1.165, 1.54) is 0 Å². The number of H-pyrrole nitrogens is 1. The van der Waals surface area contributed by atoms with Gasteiger partial charge in [0.05, 0.1) is 20.8 Å². The predicted octanol–water partition coefficient (Wildman–Crippen LogP) is -9.83. The van der Waals surface area contributed by atoms with E-state index >= 15 is 0 Å². The Bertz CT molecular complexity index is 871. The van der Waals surface area contributed by atoms with Gasteiger partial charge in [0, 0.05) is 0 Å². The number of anilines is 1. The molecular weight excluding hydrogens is 395 g/mol. The Morgan fingerprint density at radius 3 is 2.69 bits per heavy atom. The largest absolute Gasteiger partial charge is 1.00 e. The van der Waals surface area contributed by atoms with Gasteiger partial charge in [-0.05, 0) is 0 Å². The van der Waals surface area contributed by atoms with E-state index in [-0.39, 0.29) is 76.2 Å². The summed E-state index contributed by atoms with van der Waals surface area (Å²) in [4.78, 5) is 43.5. The van der Waals surface area contributed by atoms with Gasteiger partial charge in [0.1, 0.15) is 18.3 Å². The smallest absolute Gasteiger partial charge is 0.790 e. The average Bonchev–Trinajstić information content (AvgIpc) is 3.00. The Balaban J connectivity index is 0.00000169. The summed E-state index contributed by atoms with van der Waals surface area (Å²) in [5.41, 5.74) is 4.61. The number of fused-ring (bicyclic) bond motifs is 1. The van der Waals surface area contributed by atoms with E-state index in [4.69, 9.17) is 10.5 Å². The van der Waals surface area contributed by atoms with Crippen molar-refractivity contribution < 1.29 is 92.9 Å². The molecule has 0 radical (unpaired) electrons. The third-order valence-electron chi connectivity index (χ3n) is 3.47. The van der Waals surface area contributed by atoms with Gasteiger partial charge in [-0.3, -0.25) is 14.3 Å². The van der Waals surface area contributed by atoms with Crippen LogP contribution in [0.1, 0.15) is 6.23 Å². The molecule has 16 heteroatoms. The van der Waals surface area contributed by atoms with E-state index in [1.807, 2.05) is 0 Å². The Morgan fingerprint density at radius 2 is 2.12 bits per heavy atom. The first-order valence-corrected chi connectivity index (χ1v) is 8.04. The first-order chi connectivity index (χ1) is 11.2. The number of aromatic nitrogens is 4. The number of aliphatic hydroxyl groups excluding tert-OH is 2. The molecule has 0 amide bonds. The number of phosphoric ester groups is 1. The molecule has 132 valence electrons. The summed E-state index contributed by atoms with van der Waals surface area (Å²) in [5.74, 6) is -0.234. The number of ether oxygens (including phenoxy) is 1. The zero-order chi connectivity index (χ0) is 17.6. The monoisotopic (exact) mass is 407 g/mol.